The summed E-state index contributed by atoms with van der Waals surface area (Å²) in [5.74, 6) is 0.0716. The van der Waals surface area contributed by atoms with Gasteiger partial charge in [0.2, 0.25) is 5.91 Å². The molecule has 2 unspecified atom stereocenters. The van der Waals surface area contributed by atoms with E-state index in [9.17, 15) is 15.0 Å². The van der Waals surface area contributed by atoms with E-state index in [2.05, 4.69) is 46.1 Å². The first kappa shape index (κ1) is 23.7. The molecule has 2 fully saturated rings. The van der Waals surface area contributed by atoms with Crippen molar-refractivity contribution in [1.82, 2.24) is 9.88 Å². The average molecular weight is 453 g/mol. The first-order chi connectivity index (χ1) is 15.8. The Bertz CT molecular complexity index is 956. The number of aliphatic hydroxyl groups excluding tert-OH is 1. The maximum Gasteiger partial charge on any atom is 0.230 e. The average Bonchev–Trinajstić information content (AvgIpc) is 3.19. The van der Waals surface area contributed by atoms with E-state index in [4.69, 9.17) is 0 Å². The molecule has 178 valence electrons. The summed E-state index contributed by atoms with van der Waals surface area (Å²) >= 11 is 0. The molecule has 0 bridgehead atoms. The number of carbonyl (C=O) groups excluding carboxylic acids is 1. The van der Waals surface area contributed by atoms with E-state index in [1.807, 2.05) is 13.0 Å². The molecule has 7 heteroatoms. The molecule has 2 aliphatic heterocycles. The minimum atomic E-state index is -1.39. The first-order valence-electron chi connectivity index (χ1n) is 12.0. The zero-order valence-corrected chi connectivity index (χ0v) is 19.9. The first-order valence-corrected chi connectivity index (χ1v) is 12.0. The van der Waals surface area contributed by atoms with Gasteiger partial charge in [-0.1, -0.05) is 25.1 Å². The number of benzene rings is 1. The maximum absolute atomic E-state index is 13.3. The van der Waals surface area contributed by atoms with Crippen LogP contribution >= 0.6 is 0 Å². The van der Waals surface area contributed by atoms with Crippen molar-refractivity contribution in [2.75, 3.05) is 49.6 Å². The molecule has 0 saturated carbocycles. The number of amides is 1. The highest BCUT2D eigenvalue weighted by Gasteiger charge is 2.36. The second-order valence-electron chi connectivity index (χ2n) is 9.45. The molecule has 0 spiro atoms. The molecule has 1 amide bonds. The molecule has 4 rings (SSSR count). The minimum Gasteiger partial charge on any atom is -0.390 e. The zero-order chi connectivity index (χ0) is 23.6. The van der Waals surface area contributed by atoms with Gasteiger partial charge in [0.05, 0.1) is 23.7 Å². The largest absolute Gasteiger partial charge is 0.390 e. The molecule has 2 aliphatic rings. The summed E-state index contributed by atoms with van der Waals surface area (Å²) in [6.45, 7) is 8.16. The van der Waals surface area contributed by atoms with Crippen molar-refractivity contribution < 1.29 is 15.0 Å². The van der Waals surface area contributed by atoms with Crippen molar-refractivity contribution in [2.45, 2.75) is 44.8 Å². The molecule has 2 saturated heterocycles. The van der Waals surface area contributed by atoms with Crippen LogP contribution in [0.3, 0.4) is 0 Å². The van der Waals surface area contributed by atoms with E-state index in [1.54, 1.807) is 24.1 Å². The number of pyridine rings is 1. The number of para-hydroxylation sites is 1. The molecular weight excluding hydrogens is 416 g/mol. The molecular formula is C26H36N4O3. The molecule has 3 heterocycles. The number of hydrogen-bond acceptors (Lipinski definition) is 6. The van der Waals surface area contributed by atoms with Gasteiger partial charge in [0, 0.05) is 44.3 Å². The lowest BCUT2D eigenvalue weighted by Gasteiger charge is -2.35. The summed E-state index contributed by atoms with van der Waals surface area (Å²) < 4.78 is 0. The zero-order valence-electron chi connectivity index (χ0n) is 19.9. The predicted molar refractivity (Wildman–Crippen MR) is 130 cm³/mol. The van der Waals surface area contributed by atoms with Crippen LogP contribution in [-0.4, -0.2) is 71.9 Å². The third kappa shape index (κ3) is 4.76. The Morgan fingerprint density at radius 1 is 1.12 bits per heavy atom. The van der Waals surface area contributed by atoms with Crippen LogP contribution < -0.4 is 9.80 Å². The van der Waals surface area contributed by atoms with Gasteiger partial charge >= 0.3 is 0 Å². The smallest absolute Gasteiger partial charge is 0.230 e. The third-order valence-corrected chi connectivity index (χ3v) is 7.35. The number of aliphatic hydroxyl groups is 2. The summed E-state index contributed by atoms with van der Waals surface area (Å²) in [6, 6.07) is 12.0. The lowest BCUT2D eigenvalue weighted by molar-refractivity contribution is -0.120. The van der Waals surface area contributed by atoms with Gasteiger partial charge in [0.25, 0.3) is 0 Å². The highest BCUT2D eigenvalue weighted by Crippen LogP contribution is 2.33. The van der Waals surface area contributed by atoms with Crippen LogP contribution in [-0.2, 0) is 16.8 Å². The Labute approximate surface area is 196 Å². The van der Waals surface area contributed by atoms with E-state index >= 15 is 0 Å². The summed E-state index contributed by atoms with van der Waals surface area (Å²) in [7, 11) is 2.16. The van der Waals surface area contributed by atoms with E-state index in [0.29, 0.717) is 18.7 Å². The Morgan fingerprint density at radius 3 is 2.48 bits per heavy atom. The number of rotatable bonds is 7. The molecule has 33 heavy (non-hydrogen) atoms. The molecule has 1 aromatic carbocycles. The third-order valence-electron chi connectivity index (χ3n) is 7.35. The summed E-state index contributed by atoms with van der Waals surface area (Å²) in [5.41, 5.74) is 2.26. The number of hydrogen-bond donors (Lipinski definition) is 2. The van der Waals surface area contributed by atoms with Crippen LogP contribution in [0.2, 0.25) is 0 Å². The highest BCUT2D eigenvalue weighted by molar-refractivity contribution is 5.97. The Hall–Kier alpha value is -2.48. The number of aromatic nitrogens is 1. The second kappa shape index (κ2) is 9.79. The van der Waals surface area contributed by atoms with Gasteiger partial charge in [0.1, 0.15) is 5.60 Å². The van der Waals surface area contributed by atoms with Gasteiger partial charge in [-0.2, -0.15) is 0 Å². The minimum absolute atomic E-state index is 0.0525. The van der Waals surface area contributed by atoms with E-state index in [0.717, 1.165) is 44.7 Å². The van der Waals surface area contributed by atoms with E-state index < -0.39 is 11.7 Å². The lowest BCUT2D eigenvalue weighted by atomic mass is 9.90. The number of likely N-dealkylation sites (N-methyl/N-ethyl adjacent to an activating group) is 1. The van der Waals surface area contributed by atoms with Crippen LogP contribution in [0.4, 0.5) is 11.4 Å². The quantitative estimate of drug-likeness (QED) is 0.672. The SMILES string of the molecule is CCC(O)(c1ccc(N2CCC(Cc3ccccc3N3CCN(C)CC3)C2=O)cn1)[C@H](C)O. The normalized spacial score (nSPS) is 22.5. The molecule has 0 radical (unpaired) electrons. The molecule has 1 aromatic heterocycles. The van der Waals surface area contributed by atoms with Crippen molar-refractivity contribution in [2.24, 2.45) is 5.92 Å². The van der Waals surface area contributed by atoms with Gasteiger partial charge in [-0.3, -0.25) is 9.78 Å². The predicted octanol–water partition coefficient (Wildman–Crippen LogP) is 2.41. The van der Waals surface area contributed by atoms with Crippen LogP contribution in [0.5, 0.6) is 0 Å². The number of nitrogens with zero attached hydrogens (tertiary/aromatic N) is 4. The Morgan fingerprint density at radius 2 is 1.85 bits per heavy atom. The van der Waals surface area contributed by atoms with Gasteiger partial charge in [-0.15, -0.1) is 0 Å². The topological polar surface area (TPSA) is 80.1 Å². The van der Waals surface area contributed by atoms with E-state index in [-0.39, 0.29) is 11.8 Å². The standard InChI is InChI=1S/C26H36N4O3/c1-4-26(33,19(2)31)24-10-9-22(18-27-24)30-12-11-21(25(30)32)17-20-7-5-6-8-23(20)29-15-13-28(3)14-16-29/h5-10,18-19,21,31,33H,4,11-17H2,1-3H3/t19-,21?,26?/m0/s1. The fraction of sp³-hybridized carbons (Fsp3) is 0.538. The Balaban J connectivity index is 1.46. The van der Waals surface area contributed by atoms with Crippen LogP contribution in [0.1, 0.15) is 37.9 Å². The Kier molecular flexibility index (Phi) is 7.02. The monoisotopic (exact) mass is 452 g/mol. The van der Waals surface area contributed by atoms with Gasteiger partial charge in [-0.25, -0.2) is 0 Å². The van der Waals surface area contributed by atoms with Gasteiger partial charge in [-0.05, 0) is 57.0 Å². The lowest BCUT2D eigenvalue weighted by Crippen LogP contribution is -2.44. The molecule has 2 aromatic rings. The van der Waals surface area contributed by atoms with E-state index in [1.165, 1.54) is 11.3 Å². The van der Waals surface area contributed by atoms with Crippen molar-refractivity contribution in [3.63, 3.8) is 0 Å². The van der Waals surface area contributed by atoms with Crippen molar-refractivity contribution in [1.29, 1.82) is 0 Å². The summed E-state index contributed by atoms with van der Waals surface area (Å²) in [4.78, 5) is 24.3. The number of carbonyl (C=O) groups is 1. The molecule has 2 N–H and O–H groups in total. The molecule has 0 aliphatic carbocycles. The summed E-state index contributed by atoms with van der Waals surface area (Å²) in [6.07, 6.45) is 2.61. The van der Waals surface area contributed by atoms with Crippen molar-refractivity contribution >= 4 is 17.3 Å². The van der Waals surface area contributed by atoms with Crippen molar-refractivity contribution in [3.8, 4) is 0 Å². The van der Waals surface area contributed by atoms with Gasteiger partial charge in [0.15, 0.2) is 0 Å². The molecule has 3 atom stereocenters. The van der Waals surface area contributed by atoms with Gasteiger partial charge < -0.3 is 24.9 Å². The number of anilines is 2. The summed E-state index contributed by atoms with van der Waals surface area (Å²) in [5, 5.41) is 20.7. The van der Waals surface area contributed by atoms with Crippen LogP contribution in [0.15, 0.2) is 42.6 Å². The molecule has 7 nitrogen and oxygen atoms in total. The van der Waals surface area contributed by atoms with Crippen LogP contribution in [0, 0.1) is 5.92 Å². The number of piperazine rings is 1. The van der Waals surface area contributed by atoms with Crippen LogP contribution in [0.25, 0.3) is 0 Å². The fourth-order valence-electron chi connectivity index (χ4n) is 4.98. The maximum atomic E-state index is 13.3. The van der Waals surface area contributed by atoms with Crippen molar-refractivity contribution in [3.05, 3.63) is 53.9 Å². The second-order valence-corrected chi connectivity index (χ2v) is 9.45. The fourth-order valence-corrected chi connectivity index (χ4v) is 4.98. The highest BCUT2D eigenvalue weighted by atomic mass is 16.3.